The first-order chi connectivity index (χ1) is 9.81. The third kappa shape index (κ3) is 3.54. The van der Waals surface area contributed by atoms with Gasteiger partial charge >= 0.3 is 0 Å². The fraction of sp³-hybridized carbons (Fsp3) is 0.200. The van der Waals surface area contributed by atoms with Crippen molar-refractivity contribution in [1.29, 1.82) is 0 Å². The van der Waals surface area contributed by atoms with E-state index in [9.17, 15) is 12.8 Å². The highest BCUT2D eigenvalue weighted by Gasteiger charge is 2.19. The van der Waals surface area contributed by atoms with Crippen LogP contribution in [0.15, 0.2) is 47.4 Å². The number of benzene rings is 2. The molecule has 0 spiro atoms. The minimum Gasteiger partial charge on any atom is -0.279 e. The molecule has 0 aliphatic carbocycles. The van der Waals surface area contributed by atoms with Crippen LogP contribution in [0.2, 0.25) is 0 Å². The lowest BCUT2D eigenvalue weighted by atomic mass is 10.1. The van der Waals surface area contributed by atoms with Crippen LogP contribution in [0.4, 0.5) is 10.1 Å². The Labute approximate surface area is 128 Å². The fourth-order valence-corrected chi connectivity index (χ4v) is 3.56. The molecule has 6 heteroatoms. The number of sulfonamides is 1. The van der Waals surface area contributed by atoms with E-state index in [0.717, 1.165) is 6.07 Å². The maximum absolute atomic E-state index is 13.1. The lowest BCUT2D eigenvalue weighted by molar-refractivity contribution is 0.598. The number of halogens is 2. The molecule has 1 N–H and O–H groups in total. The average molecular weight is 328 g/mol. The number of rotatable bonds is 4. The summed E-state index contributed by atoms with van der Waals surface area (Å²) < 4.78 is 40.5. The molecule has 0 fully saturated rings. The van der Waals surface area contributed by atoms with Crippen molar-refractivity contribution in [2.24, 2.45) is 0 Å². The second-order valence-electron chi connectivity index (χ2n) is 4.72. The number of para-hydroxylation sites is 1. The van der Waals surface area contributed by atoms with Gasteiger partial charge in [-0.15, -0.1) is 11.6 Å². The summed E-state index contributed by atoms with van der Waals surface area (Å²) in [4.78, 5) is 0.0425. The molecule has 0 aliphatic heterocycles. The zero-order valence-electron chi connectivity index (χ0n) is 11.6. The van der Waals surface area contributed by atoms with E-state index in [1.54, 1.807) is 38.1 Å². The summed E-state index contributed by atoms with van der Waals surface area (Å²) in [5.74, 6) is -0.471. The Morgan fingerprint density at radius 2 is 1.86 bits per heavy atom. The third-order valence-corrected chi connectivity index (χ3v) is 4.82. The van der Waals surface area contributed by atoms with Gasteiger partial charge in [-0.3, -0.25) is 4.72 Å². The Kier molecular flexibility index (Phi) is 4.54. The Bertz CT molecular complexity index is 760. The van der Waals surface area contributed by atoms with Crippen LogP contribution in [0.3, 0.4) is 0 Å². The highest BCUT2D eigenvalue weighted by Crippen LogP contribution is 2.29. The van der Waals surface area contributed by atoms with Crippen molar-refractivity contribution >= 4 is 27.3 Å². The van der Waals surface area contributed by atoms with Gasteiger partial charge in [0.15, 0.2) is 0 Å². The molecule has 3 nitrogen and oxygen atoms in total. The first-order valence-corrected chi connectivity index (χ1v) is 8.25. The van der Waals surface area contributed by atoms with Crippen molar-refractivity contribution in [2.45, 2.75) is 24.1 Å². The number of hydrogen-bond acceptors (Lipinski definition) is 2. The summed E-state index contributed by atoms with van der Waals surface area (Å²) in [7, 11) is -3.79. The highest BCUT2D eigenvalue weighted by atomic mass is 35.5. The van der Waals surface area contributed by atoms with E-state index in [-0.39, 0.29) is 10.3 Å². The van der Waals surface area contributed by atoms with E-state index < -0.39 is 15.8 Å². The van der Waals surface area contributed by atoms with Crippen LogP contribution < -0.4 is 4.72 Å². The molecular formula is C15H15ClFNO2S. The fourth-order valence-electron chi connectivity index (χ4n) is 2.05. The Hall–Kier alpha value is -1.59. The molecule has 0 amide bonds. The number of nitrogens with one attached hydrogen (secondary N) is 1. The topological polar surface area (TPSA) is 46.2 Å². The van der Waals surface area contributed by atoms with Gasteiger partial charge in [-0.2, -0.15) is 0 Å². The van der Waals surface area contributed by atoms with Crippen molar-refractivity contribution < 1.29 is 12.8 Å². The van der Waals surface area contributed by atoms with Gasteiger partial charge in [-0.25, -0.2) is 12.8 Å². The minimum atomic E-state index is -3.79. The van der Waals surface area contributed by atoms with E-state index in [1.165, 1.54) is 12.1 Å². The maximum Gasteiger partial charge on any atom is 0.262 e. The Morgan fingerprint density at radius 1 is 1.19 bits per heavy atom. The largest absolute Gasteiger partial charge is 0.279 e. The van der Waals surface area contributed by atoms with Gasteiger partial charge in [-0.05, 0) is 49.2 Å². The van der Waals surface area contributed by atoms with E-state index in [2.05, 4.69) is 4.72 Å². The van der Waals surface area contributed by atoms with Crippen LogP contribution in [0, 0.1) is 12.7 Å². The van der Waals surface area contributed by atoms with Crippen molar-refractivity contribution in [3.05, 3.63) is 59.4 Å². The van der Waals surface area contributed by atoms with Crippen LogP contribution in [0.25, 0.3) is 0 Å². The SMILES string of the molecule is Cc1cc(F)ccc1S(=O)(=O)Nc1ccccc1C(C)Cl. The molecule has 1 atom stereocenters. The highest BCUT2D eigenvalue weighted by molar-refractivity contribution is 7.92. The number of anilines is 1. The molecule has 0 radical (unpaired) electrons. The van der Waals surface area contributed by atoms with E-state index >= 15 is 0 Å². The van der Waals surface area contributed by atoms with Gasteiger partial charge in [0.2, 0.25) is 0 Å². The summed E-state index contributed by atoms with van der Waals surface area (Å²) in [6, 6.07) is 10.5. The second-order valence-corrected chi connectivity index (χ2v) is 7.02. The van der Waals surface area contributed by atoms with Crippen LogP contribution in [0.5, 0.6) is 0 Å². The molecule has 2 rings (SSSR count). The van der Waals surface area contributed by atoms with E-state index in [4.69, 9.17) is 11.6 Å². The number of alkyl halides is 1. The van der Waals surface area contributed by atoms with Crippen LogP contribution >= 0.6 is 11.6 Å². The van der Waals surface area contributed by atoms with Crippen molar-refractivity contribution in [3.63, 3.8) is 0 Å². The van der Waals surface area contributed by atoms with Gasteiger partial charge in [0.1, 0.15) is 5.82 Å². The van der Waals surface area contributed by atoms with E-state index in [1.807, 2.05) is 0 Å². The number of hydrogen-bond donors (Lipinski definition) is 1. The first kappa shape index (κ1) is 15.8. The molecule has 2 aromatic carbocycles. The van der Waals surface area contributed by atoms with E-state index in [0.29, 0.717) is 16.8 Å². The van der Waals surface area contributed by atoms with Gasteiger partial charge in [0.05, 0.1) is 16.0 Å². The van der Waals surface area contributed by atoms with Gasteiger partial charge in [-0.1, -0.05) is 18.2 Å². The summed E-state index contributed by atoms with van der Waals surface area (Å²) >= 11 is 6.05. The molecule has 0 saturated heterocycles. The maximum atomic E-state index is 13.1. The lowest BCUT2D eigenvalue weighted by Gasteiger charge is -2.15. The molecule has 0 heterocycles. The third-order valence-electron chi connectivity index (χ3n) is 3.06. The van der Waals surface area contributed by atoms with Crippen molar-refractivity contribution in [1.82, 2.24) is 0 Å². The molecule has 2 aromatic rings. The summed E-state index contributed by atoms with van der Waals surface area (Å²) in [5, 5.41) is -0.335. The summed E-state index contributed by atoms with van der Waals surface area (Å²) in [6.45, 7) is 3.31. The molecule has 112 valence electrons. The van der Waals surface area contributed by atoms with Gasteiger partial charge < -0.3 is 0 Å². The van der Waals surface area contributed by atoms with Gasteiger partial charge in [0.25, 0.3) is 10.0 Å². The predicted molar refractivity (Wildman–Crippen MR) is 82.7 cm³/mol. The molecule has 0 aliphatic rings. The molecule has 0 bridgehead atoms. The van der Waals surface area contributed by atoms with Crippen LogP contribution in [-0.4, -0.2) is 8.42 Å². The normalized spacial score (nSPS) is 13.0. The summed E-state index contributed by atoms with van der Waals surface area (Å²) in [5.41, 5.74) is 1.45. The van der Waals surface area contributed by atoms with Crippen molar-refractivity contribution in [3.8, 4) is 0 Å². The first-order valence-electron chi connectivity index (χ1n) is 6.33. The smallest absolute Gasteiger partial charge is 0.262 e. The quantitative estimate of drug-likeness (QED) is 0.854. The summed E-state index contributed by atoms with van der Waals surface area (Å²) in [6.07, 6.45) is 0. The molecule has 0 aromatic heterocycles. The zero-order valence-corrected chi connectivity index (χ0v) is 13.2. The molecular weight excluding hydrogens is 313 g/mol. The van der Waals surface area contributed by atoms with Gasteiger partial charge in [0, 0.05) is 0 Å². The average Bonchev–Trinajstić information content (AvgIpc) is 2.37. The molecule has 21 heavy (non-hydrogen) atoms. The number of aryl methyl sites for hydroxylation is 1. The Balaban J connectivity index is 2.43. The monoisotopic (exact) mass is 327 g/mol. The predicted octanol–water partition coefficient (Wildman–Crippen LogP) is 4.23. The van der Waals surface area contributed by atoms with Crippen molar-refractivity contribution in [2.75, 3.05) is 4.72 Å². The van der Waals surface area contributed by atoms with Crippen LogP contribution in [-0.2, 0) is 10.0 Å². The van der Waals surface area contributed by atoms with Crippen LogP contribution in [0.1, 0.15) is 23.4 Å². The molecule has 0 saturated carbocycles. The standard InChI is InChI=1S/C15H15ClFNO2S/c1-10-9-12(17)7-8-15(10)21(19,20)18-14-6-4-3-5-13(14)11(2)16/h3-9,11,18H,1-2H3. The minimum absolute atomic E-state index is 0.0425. The lowest BCUT2D eigenvalue weighted by Crippen LogP contribution is -2.15. The molecule has 1 unspecified atom stereocenters. The Morgan fingerprint density at radius 3 is 2.48 bits per heavy atom. The zero-order chi connectivity index (χ0) is 15.6. The second kappa shape index (κ2) is 6.03.